The molecule has 0 saturated carbocycles. The minimum absolute atomic E-state index is 0.963. The van der Waals surface area contributed by atoms with Gasteiger partial charge in [-0.05, 0) is 36.1 Å². The highest BCUT2D eigenvalue weighted by Crippen LogP contribution is 2.30. The van der Waals surface area contributed by atoms with Crippen LogP contribution in [0.5, 0.6) is 0 Å². The van der Waals surface area contributed by atoms with Gasteiger partial charge in [0.2, 0.25) is 0 Å². The Morgan fingerprint density at radius 3 is 2.47 bits per heavy atom. The first-order valence-electron chi connectivity index (χ1n) is 6.87. The highest BCUT2D eigenvalue weighted by atomic mass is 15.0. The molecular formula is C17H18N2. The van der Waals surface area contributed by atoms with Gasteiger partial charge in [0.15, 0.2) is 0 Å². The second-order valence-corrected chi connectivity index (χ2v) is 4.71. The van der Waals surface area contributed by atoms with Crippen LogP contribution < -0.4 is 0 Å². The van der Waals surface area contributed by atoms with Crippen LogP contribution in [0.15, 0.2) is 48.8 Å². The lowest BCUT2D eigenvalue weighted by atomic mass is 9.97. The molecule has 3 rings (SSSR count). The van der Waals surface area contributed by atoms with Crippen LogP contribution in [0.1, 0.15) is 19.4 Å². The van der Waals surface area contributed by atoms with Gasteiger partial charge in [0.05, 0.1) is 17.4 Å². The van der Waals surface area contributed by atoms with E-state index in [1.807, 2.05) is 6.33 Å². The van der Waals surface area contributed by atoms with E-state index in [4.69, 9.17) is 0 Å². The van der Waals surface area contributed by atoms with Crippen molar-refractivity contribution in [3.8, 4) is 11.1 Å². The van der Waals surface area contributed by atoms with Gasteiger partial charge in [-0.2, -0.15) is 0 Å². The second kappa shape index (κ2) is 4.88. The van der Waals surface area contributed by atoms with Crippen LogP contribution in [-0.2, 0) is 13.0 Å². The zero-order valence-electron chi connectivity index (χ0n) is 11.4. The molecule has 0 atom stereocenters. The summed E-state index contributed by atoms with van der Waals surface area (Å²) < 4.78 is 2.20. The third-order valence-electron chi connectivity index (χ3n) is 3.68. The van der Waals surface area contributed by atoms with Gasteiger partial charge >= 0.3 is 0 Å². The molecule has 0 aliphatic heterocycles. The third kappa shape index (κ3) is 1.93. The Balaban J connectivity index is 2.27. The molecule has 0 bridgehead atoms. The van der Waals surface area contributed by atoms with Gasteiger partial charge in [0.25, 0.3) is 0 Å². The quantitative estimate of drug-likeness (QED) is 0.678. The van der Waals surface area contributed by atoms with Gasteiger partial charge in [0.1, 0.15) is 0 Å². The zero-order chi connectivity index (χ0) is 13.2. The fourth-order valence-corrected chi connectivity index (χ4v) is 2.69. The molecule has 0 radical (unpaired) electrons. The fourth-order valence-electron chi connectivity index (χ4n) is 2.69. The average molecular weight is 250 g/mol. The SMILES string of the molecule is CCc1c(-c2ccccc2)ccc2c1ncn2CC. The van der Waals surface area contributed by atoms with Gasteiger partial charge in [-0.15, -0.1) is 0 Å². The molecule has 2 heteroatoms. The molecule has 96 valence electrons. The van der Waals surface area contributed by atoms with Crippen LogP contribution in [0.2, 0.25) is 0 Å². The molecule has 0 N–H and O–H groups in total. The number of nitrogens with zero attached hydrogens (tertiary/aromatic N) is 2. The summed E-state index contributed by atoms with van der Waals surface area (Å²) in [5.41, 5.74) is 6.30. The standard InChI is InChI=1S/C17H18N2/c1-3-14-15(13-8-6-5-7-9-13)10-11-16-17(14)18-12-19(16)4-2/h5-12H,3-4H2,1-2H3. The van der Waals surface area contributed by atoms with E-state index in [1.165, 1.54) is 22.2 Å². The Hall–Kier alpha value is -2.09. The van der Waals surface area contributed by atoms with Gasteiger partial charge < -0.3 is 4.57 Å². The molecule has 0 spiro atoms. The highest BCUT2D eigenvalue weighted by Gasteiger charge is 2.11. The van der Waals surface area contributed by atoms with Gasteiger partial charge in [-0.25, -0.2) is 4.98 Å². The summed E-state index contributed by atoms with van der Waals surface area (Å²) in [4.78, 5) is 4.61. The van der Waals surface area contributed by atoms with Crippen LogP contribution >= 0.6 is 0 Å². The first-order chi connectivity index (χ1) is 9.35. The van der Waals surface area contributed by atoms with Crippen LogP contribution in [0.3, 0.4) is 0 Å². The molecule has 0 fully saturated rings. The van der Waals surface area contributed by atoms with E-state index in [2.05, 4.69) is 65.9 Å². The molecule has 1 aromatic heterocycles. The number of benzene rings is 2. The Kier molecular flexibility index (Phi) is 3.08. The van der Waals surface area contributed by atoms with E-state index in [-0.39, 0.29) is 0 Å². The van der Waals surface area contributed by atoms with Crippen molar-refractivity contribution in [1.29, 1.82) is 0 Å². The van der Waals surface area contributed by atoms with Crippen molar-refractivity contribution in [3.05, 3.63) is 54.4 Å². The molecule has 0 unspecified atom stereocenters. The maximum atomic E-state index is 4.61. The normalized spacial score (nSPS) is 11.1. The summed E-state index contributed by atoms with van der Waals surface area (Å²) in [5.74, 6) is 0. The molecule has 0 saturated heterocycles. The number of imidazole rings is 1. The molecule has 2 aromatic carbocycles. The van der Waals surface area contributed by atoms with Gasteiger partial charge in [-0.1, -0.05) is 43.3 Å². The molecule has 0 aliphatic carbocycles. The lowest BCUT2D eigenvalue weighted by molar-refractivity contribution is 0.787. The summed E-state index contributed by atoms with van der Waals surface area (Å²) >= 11 is 0. The van der Waals surface area contributed by atoms with Crippen LogP contribution in [-0.4, -0.2) is 9.55 Å². The summed E-state index contributed by atoms with van der Waals surface area (Å²) in [6.07, 6.45) is 2.95. The molecule has 2 nitrogen and oxygen atoms in total. The fraction of sp³-hybridized carbons (Fsp3) is 0.235. The third-order valence-corrected chi connectivity index (χ3v) is 3.68. The van der Waals surface area contributed by atoms with E-state index >= 15 is 0 Å². The summed E-state index contributed by atoms with van der Waals surface area (Å²) in [6, 6.07) is 15.0. The van der Waals surface area contributed by atoms with Crippen LogP contribution in [0, 0.1) is 0 Å². The molecule has 0 aliphatic rings. The van der Waals surface area contributed by atoms with Crippen molar-refractivity contribution >= 4 is 11.0 Å². The zero-order valence-corrected chi connectivity index (χ0v) is 11.4. The van der Waals surface area contributed by atoms with Crippen molar-refractivity contribution in [2.75, 3.05) is 0 Å². The van der Waals surface area contributed by atoms with E-state index < -0.39 is 0 Å². The van der Waals surface area contributed by atoms with E-state index in [0.717, 1.165) is 18.5 Å². The van der Waals surface area contributed by atoms with Gasteiger partial charge in [-0.3, -0.25) is 0 Å². The van der Waals surface area contributed by atoms with Crippen molar-refractivity contribution in [2.45, 2.75) is 26.8 Å². The first kappa shape index (κ1) is 12.0. The average Bonchev–Trinajstić information content (AvgIpc) is 2.90. The second-order valence-electron chi connectivity index (χ2n) is 4.71. The number of hydrogen-bond donors (Lipinski definition) is 0. The van der Waals surface area contributed by atoms with E-state index in [0.29, 0.717) is 0 Å². The summed E-state index contributed by atoms with van der Waals surface area (Å²) in [6.45, 7) is 5.31. The van der Waals surface area contributed by atoms with Crippen molar-refractivity contribution in [1.82, 2.24) is 9.55 Å². The minimum atomic E-state index is 0.963. The van der Waals surface area contributed by atoms with Crippen LogP contribution in [0.25, 0.3) is 22.2 Å². The number of hydrogen-bond acceptors (Lipinski definition) is 1. The largest absolute Gasteiger partial charge is 0.331 e. The lowest BCUT2D eigenvalue weighted by Gasteiger charge is -2.10. The van der Waals surface area contributed by atoms with Gasteiger partial charge in [0, 0.05) is 6.54 Å². The van der Waals surface area contributed by atoms with Crippen molar-refractivity contribution in [3.63, 3.8) is 0 Å². The molecule has 0 amide bonds. The predicted octanol–water partition coefficient (Wildman–Crippen LogP) is 4.29. The number of aryl methyl sites for hydroxylation is 2. The van der Waals surface area contributed by atoms with E-state index in [9.17, 15) is 0 Å². The summed E-state index contributed by atoms with van der Waals surface area (Å²) in [5, 5.41) is 0. The number of fused-ring (bicyclic) bond motifs is 1. The molecule has 3 aromatic rings. The van der Waals surface area contributed by atoms with Crippen molar-refractivity contribution < 1.29 is 0 Å². The predicted molar refractivity (Wildman–Crippen MR) is 80.2 cm³/mol. The topological polar surface area (TPSA) is 17.8 Å². The lowest BCUT2D eigenvalue weighted by Crippen LogP contribution is -1.93. The van der Waals surface area contributed by atoms with Crippen LogP contribution in [0.4, 0.5) is 0 Å². The van der Waals surface area contributed by atoms with E-state index in [1.54, 1.807) is 0 Å². The molecule has 1 heterocycles. The summed E-state index contributed by atoms with van der Waals surface area (Å²) in [7, 11) is 0. The first-order valence-corrected chi connectivity index (χ1v) is 6.87. The monoisotopic (exact) mass is 250 g/mol. The number of rotatable bonds is 3. The highest BCUT2D eigenvalue weighted by molar-refractivity contribution is 5.87. The molecule has 19 heavy (non-hydrogen) atoms. The Bertz CT molecular complexity index is 696. The minimum Gasteiger partial charge on any atom is -0.331 e. The Morgan fingerprint density at radius 2 is 1.79 bits per heavy atom. The Morgan fingerprint density at radius 1 is 1.00 bits per heavy atom. The maximum Gasteiger partial charge on any atom is 0.0958 e. The van der Waals surface area contributed by atoms with Crippen molar-refractivity contribution in [2.24, 2.45) is 0 Å². The maximum absolute atomic E-state index is 4.61. The molecular weight excluding hydrogens is 232 g/mol. The number of aromatic nitrogens is 2. The smallest absolute Gasteiger partial charge is 0.0958 e. The Labute approximate surface area is 113 Å².